The lowest BCUT2D eigenvalue weighted by atomic mass is 10.0. The molecule has 3 aromatic carbocycles. The van der Waals surface area contributed by atoms with Gasteiger partial charge in [-0.05, 0) is 52.2 Å². The highest BCUT2D eigenvalue weighted by Crippen LogP contribution is 2.37. The van der Waals surface area contributed by atoms with Crippen LogP contribution in [0.5, 0.6) is 11.5 Å². The normalized spacial score (nSPS) is 15.7. The summed E-state index contributed by atoms with van der Waals surface area (Å²) in [6.07, 6.45) is -3.92. The molecule has 0 aliphatic carbocycles. The first-order chi connectivity index (χ1) is 14.0. The maximum Gasteiger partial charge on any atom is 0.573 e. The van der Waals surface area contributed by atoms with Crippen molar-refractivity contribution in [3.05, 3.63) is 66.7 Å². The van der Waals surface area contributed by atoms with Gasteiger partial charge < -0.3 is 14.9 Å². The third-order valence-electron chi connectivity index (χ3n) is 4.30. The quantitative estimate of drug-likeness (QED) is 0.571. The van der Waals surface area contributed by atoms with Crippen LogP contribution in [0.2, 0.25) is 0 Å². The van der Waals surface area contributed by atoms with E-state index in [2.05, 4.69) is 4.74 Å². The Morgan fingerprint density at radius 1 is 0.933 bits per heavy atom. The second-order valence-electron chi connectivity index (χ2n) is 6.40. The van der Waals surface area contributed by atoms with E-state index < -0.39 is 22.5 Å². The number of phenols is 1. The van der Waals surface area contributed by atoms with E-state index in [1.807, 2.05) is 4.72 Å². The van der Waals surface area contributed by atoms with Crippen molar-refractivity contribution in [3.63, 3.8) is 0 Å². The zero-order valence-corrected chi connectivity index (χ0v) is 15.7. The minimum atomic E-state index is -4.82. The fraction of sp³-hybridized carbons (Fsp3) is 0.0526. The Balaban J connectivity index is 1.78. The maximum atomic E-state index is 12.5. The van der Waals surface area contributed by atoms with Crippen LogP contribution in [0, 0.1) is 0 Å². The van der Waals surface area contributed by atoms with Crippen LogP contribution in [0.1, 0.15) is 0 Å². The number of alkyl halides is 3. The molecule has 30 heavy (non-hydrogen) atoms. The lowest BCUT2D eigenvalue weighted by Gasteiger charge is -2.16. The average molecular weight is 438 g/mol. The second-order valence-corrected chi connectivity index (χ2v) is 7.94. The Hall–Kier alpha value is -3.60. The molecule has 0 atom stereocenters. The van der Waals surface area contributed by atoms with Crippen LogP contribution in [0.15, 0.2) is 66.7 Å². The molecular weight excluding hydrogens is 425 g/mol. The number of ether oxygens (including phenoxy) is 1. The van der Waals surface area contributed by atoms with Crippen molar-refractivity contribution in [3.8, 4) is 22.6 Å². The topological polar surface area (TPSA) is 99.1 Å². The molecule has 0 fully saturated rings. The van der Waals surface area contributed by atoms with E-state index in [4.69, 9.17) is 0 Å². The van der Waals surface area contributed by atoms with Crippen LogP contribution in [0.3, 0.4) is 0 Å². The number of aliphatic hydroxyl groups is 1. The van der Waals surface area contributed by atoms with E-state index in [1.54, 1.807) is 24.3 Å². The van der Waals surface area contributed by atoms with Gasteiger partial charge >= 0.3 is 16.6 Å². The highest BCUT2D eigenvalue weighted by atomic mass is 32.2. The molecule has 156 valence electrons. The first kappa shape index (κ1) is 19.7. The summed E-state index contributed by atoms with van der Waals surface area (Å²) in [5.74, 6) is -1.32. The van der Waals surface area contributed by atoms with Gasteiger partial charge in [-0.25, -0.2) is 9.03 Å². The van der Waals surface area contributed by atoms with Crippen LogP contribution >= 0.6 is 0 Å². The molecule has 1 aliphatic heterocycles. The molecule has 0 spiro atoms. The summed E-state index contributed by atoms with van der Waals surface area (Å²) in [5.41, 5.74) is 0.888. The van der Waals surface area contributed by atoms with Gasteiger partial charge in [0.2, 0.25) is 5.88 Å². The van der Waals surface area contributed by atoms with E-state index >= 15 is 0 Å². The molecule has 7 nitrogen and oxygen atoms in total. The molecular formula is C19H13F3N2O5S. The van der Waals surface area contributed by atoms with Gasteiger partial charge in [0, 0.05) is 0 Å². The number of nitrogens with one attached hydrogen (secondary N) is 1. The third-order valence-corrected chi connectivity index (χ3v) is 5.59. The Kier molecular flexibility index (Phi) is 4.42. The summed E-state index contributed by atoms with van der Waals surface area (Å²) in [5, 5.41) is 20.8. The largest absolute Gasteiger partial charge is 0.573 e. The van der Waals surface area contributed by atoms with Gasteiger partial charge in [0.1, 0.15) is 17.2 Å². The van der Waals surface area contributed by atoms with Crippen molar-refractivity contribution < 1.29 is 36.5 Å². The first-order valence-corrected chi connectivity index (χ1v) is 9.82. The molecule has 4 rings (SSSR count). The van der Waals surface area contributed by atoms with E-state index in [0.29, 0.717) is 26.2 Å². The molecule has 0 unspecified atom stereocenters. The molecule has 3 aromatic rings. The molecule has 11 heteroatoms. The summed E-state index contributed by atoms with van der Waals surface area (Å²) in [6.45, 7) is 0. The number of aromatic hydroxyl groups is 1. The van der Waals surface area contributed by atoms with Crippen LogP contribution in [-0.4, -0.2) is 25.0 Å². The number of aliphatic hydroxyl groups excluding tert-OH is 1. The number of anilines is 1. The molecule has 0 saturated carbocycles. The number of hydrogen-bond donors (Lipinski definition) is 3. The summed E-state index contributed by atoms with van der Waals surface area (Å²) in [6, 6.07) is 13.1. The lowest BCUT2D eigenvalue weighted by Crippen LogP contribution is -2.29. The smallest absolute Gasteiger partial charge is 0.506 e. The number of phenolic OH excluding ortho intramolecular Hbond substituents is 1. The maximum absolute atomic E-state index is 12.5. The Labute approximate surface area is 168 Å². The fourth-order valence-corrected chi connectivity index (χ4v) is 4.15. The molecule has 1 heterocycles. The molecule has 1 aliphatic rings. The van der Waals surface area contributed by atoms with E-state index in [9.17, 15) is 31.8 Å². The van der Waals surface area contributed by atoms with Crippen molar-refractivity contribution in [2.45, 2.75) is 6.36 Å². The van der Waals surface area contributed by atoms with Gasteiger partial charge in [0.25, 0.3) is 0 Å². The molecule has 0 bridgehead atoms. The zero-order valence-electron chi connectivity index (χ0n) is 14.9. The van der Waals surface area contributed by atoms with Crippen LogP contribution in [0.25, 0.3) is 21.9 Å². The summed E-state index contributed by atoms with van der Waals surface area (Å²) in [7, 11) is -4.11. The minimum absolute atomic E-state index is 0.106. The number of hydrogen-bond acceptors (Lipinski definition) is 5. The molecule has 0 amide bonds. The van der Waals surface area contributed by atoms with Crippen LogP contribution in [0.4, 0.5) is 18.9 Å². The first-order valence-electron chi connectivity index (χ1n) is 8.38. The van der Waals surface area contributed by atoms with Crippen molar-refractivity contribution in [1.29, 1.82) is 0 Å². The lowest BCUT2D eigenvalue weighted by molar-refractivity contribution is -0.274. The Bertz CT molecular complexity index is 1290. The predicted molar refractivity (Wildman–Crippen MR) is 103 cm³/mol. The average Bonchev–Trinajstić information content (AvgIpc) is 2.91. The predicted octanol–water partition coefficient (Wildman–Crippen LogP) is 4.12. The summed E-state index contributed by atoms with van der Waals surface area (Å²) in [4.78, 5) is 0. The van der Waals surface area contributed by atoms with Crippen molar-refractivity contribution in [2.75, 3.05) is 4.31 Å². The Morgan fingerprint density at radius 2 is 1.67 bits per heavy atom. The second kappa shape index (κ2) is 6.73. The summed E-state index contributed by atoms with van der Waals surface area (Å²) < 4.78 is 68.1. The minimum Gasteiger partial charge on any atom is -0.506 e. The van der Waals surface area contributed by atoms with Crippen LogP contribution in [-0.2, 0) is 10.2 Å². The van der Waals surface area contributed by atoms with E-state index in [0.717, 1.165) is 6.20 Å². The molecule has 0 aromatic heterocycles. The highest BCUT2D eigenvalue weighted by Gasteiger charge is 2.32. The number of benzene rings is 3. The van der Waals surface area contributed by atoms with Crippen molar-refractivity contribution >= 4 is 26.7 Å². The third kappa shape index (κ3) is 3.79. The molecule has 0 radical (unpaired) electrons. The van der Waals surface area contributed by atoms with E-state index in [1.165, 1.54) is 30.3 Å². The highest BCUT2D eigenvalue weighted by molar-refractivity contribution is 7.91. The molecule has 3 N–H and O–H groups in total. The fourth-order valence-electron chi connectivity index (χ4n) is 3.09. The SMILES string of the molecule is O=S1(=O)NC(O)=CN1c1cc2cc(-c3cccc(OC(F)(F)F)c3)ccc2cc1O. The number of rotatable bonds is 3. The standard InChI is InChI=1S/C19H13F3N2O5S/c20-19(21,22)29-15-3-1-2-11(7-15)12-4-5-13-9-17(25)16(8-14(13)6-12)24-10-18(26)23-30(24,27)28/h1-10,23,25-26H. The monoisotopic (exact) mass is 438 g/mol. The van der Waals surface area contributed by atoms with Gasteiger partial charge in [-0.15, -0.1) is 13.2 Å². The van der Waals surface area contributed by atoms with Gasteiger partial charge in [0.05, 0.1) is 6.20 Å². The van der Waals surface area contributed by atoms with Crippen molar-refractivity contribution in [1.82, 2.24) is 4.72 Å². The zero-order chi connectivity index (χ0) is 21.7. The van der Waals surface area contributed by atoms with Crippen LogP contribution < -0.4 is 13.8 Å². The van der Waals surface area contributed by atoms with Gasteiger partial charge in [0.15, 0.2) is 0 Å². The Morgan fingerprint density at radius 3 is 2.33 bits per heavy atom. The summed E-state index contributed by atoms with van der Waals surface area (Å²) >= 11 is 0. The van der Waals surface area contributed by atoms with Gasteiger partial charge in [-0.1, -0.05) is 24.3 Å². The number of nitrogens with zero attached hydrogens (tertiary/aromatic N) is 1. The van der Waals surface area contributed by atoms with Crippen molar-refractivity contribution in [2.24, 2.45) is 0 Å². The van der Waals surface area contributed by atoms with Gasteiger partial charge in [-0.3, -0.25) is 0 Å². The number of halogens is 3. The number of fused-ring (bicyclic) bond motifs is 1. The van der Waals surface area contributed by atoms with E-state index in [-0.39, 0.29) is 17.2 Å². The van der Waals surface area contributed by atoms with Gasteiger partial charge in [-0.2, -0.15) is 8.42 Å². The molecule has 0 saturated heterocycles.